The van der Waals surface area contributed by atoms with E-state index in [0.29, 0.717) is 12.3 Å². The molecule has 1 amide bonds. The smallest absolute Gasteiger partial charge is 0.221 e. The van der Waals surface area contributed by atoms with Crippen molar-refractivity contribution in [2.75, 3.05) is 0 Å². The first-order valence-corrected chi connectivity index (χ1v) is 6.14. The molecule has 1 atom stereocenters. The van der Waals surface area contributed by atoms with Crippen molar-refractivity contribution in [2.24, 2.45) is 5.73 Å². The SMILES string of the molecule is C=CC(C/C=C\C)c1cc(CC(N)=O)cs1. The molecule has 1 heterocycles. The van der Waals surface area contributed by atoms with E-state index >= 15 is 0 Å². The molecule has 3 heteroatoms. The number of hydrogen-bond donors (Lipinski definition) is 1. The van der Waals surface area contributed by atoms with Gasteiger partial charge in [0.05, 0.1) is 6.42 Å². The highest BCUT2D eigenvalue weighted by Gasteiger charge is 2.09. The predicted octanol–water partition coefficient (Wildman–Crippen LogP) is 3.01. The first-order chi connectivity index (χ1) is 7.67. The molecular weight excluding hydrogens is 218 g/mol. The van der Waals surface area contributed by atoms with Gasteiger partial charge in [-0.1, -0.05) is 18.2 Å². The van der Waals surface area contributed by atoms with Crippen LogP contribution in [0.4, 0.5) is 0 Å². The second kappa shape index (κ2) is 6.28. The summed E-state index contributed by atoms with van der Waals surface area (Å²) in [4.78, 5) is 12.0. The van der Waals surface area contributed by atoms with Gasteiger partial charge in [0, 0.05) is 10.8 Å². The molecule has 16 heavy (non-hydrogen) atoms. The van der Waals surface area contributed by atoms with Crippen LogP contribution in [0.15, 0.2) is 36.3 Å². The van der Waals surface area contributed by atoms with Crippen molar-refractivity contribution in [3.8, 4) is 0 Å². The maximum Gasteiger partial charge on any atom is 0.221 e. The molecule has 0 saturated carbocycles. The van der Waals surface area contributed by atoms with Gasteiger partial charge in [0.25, 0.3) is 0 Å². The first-order valence-electron chi connectivity index (χ1n) is 5.26. The maximum atomic E-state index is 10.8. The molecule has 0 spiro atoms. The molecule has 0 aliphatic heterocycles. The van der Waals surface area contributed by atoms with Crippen molar-refractivity contribution < 1.29 is 4.79 Å². The number of nitrogens with two attached hydrogens (primary N) is 1. The predicted molar refractivity (Wildman–Crippen MR) is 69.6 cm³/mol. The molecule has 1 aromatic rings. The summed E-state index contributed by atoms with van der Waals surface area (Å²) in [5, 5.41) is 1.99. The number of thiophene rings is 1. The molecule has 0 fully saturated rings. The molecule has 1 rings (SSSR count). The van der Waals surface area contributed by atoms with Crippen molar-refractivity contribution in [3.05, 3.63) is 46.7 Å². The van der Waals surface area contributed by atoms with E-state index in [1.54, 1.807) is 11.3 Å². The van der Waals surface area contributed by atoms with Crippen molar-refractivity contribution in [3.63, 3.8) is 0 Å². The fourth-order valence-corrected chi connectivity index (χ4v) is 2.52. The zero-order valence-electron chi connectivity index (χ0n) is 9.48. The van der Waals surface area contributed by atoms with E-state index in [1.807, 2.05) is 30.5 Å². The normalized spacial score (nSPS) is 12.8. The lowest BCUT2D eigenvalue weighted by Gasteiger charge is -2.06. The molecule has 0 saturated heterocycles. The van der Waals surface area contributed by atoms with Crippen LogP contribution in [-0.4, -0.2) is 5.91 Å². The van der Waals surface area contributed by atoms with Gasteiger partial charge < -0.3 is 5.73 Å². The van der Waals surface area contributed by atoms with Crippen LogP contribution >= 0.6 is 11.3 Å². The Hall–Kier alpha value is -1.35. The van der Waals surface area contributed by atoms with Crippen LogP contribution in [0.1, 0.15) is 29.7 Å². The lowest BCUT2D eigenvalue weighted by molar-refractivity contribution is -0.117. The summed E-state index contributed by atoms with van der Waals surface area (Å²) in [6.07, 6.45) is 7.38. The molecule has 0 aliphatic rings. The molecule has 2 nitrogen and oxygen atoms in total. The van der Waals surface area contributed by atoms with Gasteiger partial charge in [-0.15, -0.1) is 17.9 Å². The number of primary amides is 1. The van der Waals surface area contributed by atoms with Gasteiger partial charge in [-0.3, -0.25) is 4.79 Å². The van der Waals surface area contributed by atoms with Crippen molar-refractivity contribution in [1.29, 1.82) is 0 Å². The summed E-state index contributed by atoms with van der Waals surface area (Å²) in [6, 6.07) is 2.05. The lowest BCUT2D eigenvalue weighted by atomic mass is 10.0. The highest BCUT2D eigenvalue weighted by atomic mass is 32.1. The Morgan fingerprint density at radius 1 is 1.69 bits per heavy atom. The van der Waals surface area contributed by atoms with Gasteiger partial charge in [0.1, 0.15) is 0 Å². The van der Waals surface area contributed by atoms with Crippen molar-refractivity contribution in [1.82, 2.24) is 0 Å². The standard InChI is InChI=1S/C13H17NOS/c1-3-5-6-11(4-2)12-7-10(9-16-12)8-13(14)15/h3-5,7,9,11H,2,6,8H2,1H3,(H2,14,15)/b5-3-. The number of carbonyl (C=O) groups is 1. The minimum absolute atomic E-state index is 0.284. The third-order valence-corrected chi connectivity index (χ3v) is 3.44. The Balaban J connectivity index is 2.74. The minimum Gasteiger partial charge on any atom is -0.369 e. The van der Waals surface area contributed by atoms with Crippen molar-refractivity contribution >= 4 is 17.2 Å². The molecule has 0 radical (unpaired) electrons. The Morgan fingerprint density at radius 3 is 3.00 bits per heavy atom. The minimum atomic E-state index is -0.284. The molecule has 0 aliphatic carbocycles. The summed E-state index contributed by atoms with van der Waals surface area (Å²) < 4.78 is 0. The van der Waals surface area contributed by atoms with Crippen LogP contribution in [0.3, 0.4) is 0 Å². The van der Waals surface area contributed by atoms with Crippen LogP contribution in [0, 0.1) is 0 Å². The van der Waals surface area contributed by atoms with Crippen LogP contribution in [0.25, 0.3) is 0 Å². The fraction of sp³-hybridized carbons (Fsp3) is 0.308. The molecule has 0 bridgehead atoms. The monoisotopic (exact) mass is 235 g/mol. The third-order valence-electron chi connectivity index (χ3n) is 2.33. The number of rotatable bonds is 6. The average molecular weight is 235 g/mol. The zero-order chi connectivity index (χ0) is 12.0. The summed E-state index contributed by atoms with van der Waals surface area (Å²) in [5.41, 5.74) is 6.16. The Labute approximate surface area is 100 Å². The van der Waals surface area contributed by atoms with Gasteiger partial charge in [-0.25, -0.2) is 0 Å². The van der Waals surface area contributed by atoms with Gasteiger partial charge in [-0.05, 0) is 30.4 Å². The summed E-state index contributed by atoms with van der Waals surface area (Å²) in [5.74, 6) is 0.0517. The van der Waals surface area contributed by atoms with E-state index in [4.69, 9.17) is 5.73 Å². The van der Waals surface area contributed by atoms with E-state index in [2.05, 4.69) is 12.7 Å². The average Bonchev–Trinajstić information content (AvgIpc) is 2.67. The number of carbonyl (C=O) groups excluding carboxylic acids is 1. The van der Waals surface area contributed by atoms with E-state index in [9.17, 15) is 4.79 Å². The third kappa shape index (κ3) is 3.66. The number of amides is 1. The number of allylic oxidation sites excluding steroid dienone is 3. The quantitative estimate of drug-likeness (QED) is 0.757. The first kappa shape index (κ1) is 12.7. The van der Waals surface area contributed by atoms with E-state index < -0.39 is 0 Å². The molecule has 1 aromatic heterocycles. The summed E-state index contributed by atoms with van der Waals surface area (Å²) in [6.45, 7) is 5.85. The Bertz CT molecular complexity index is 392. The van der Waals surface area contributed by atoms with Gasteiger partial charge in [-0.2, -0.15) is 0 Å². The summed E-state index contributed by atoms with van der Waals surface area (Å²) in [7, 11) is 0. The number of hydrogen-bond acceptors (Lipinski definition) is 2. The van der Waals surface area contributed by atoms with Gasteiger partial charge >= 0.3 is 0 Å². The van der Waals surface area contributed by atoms with Crippen LogP contribution in [0.5, 0.6) is 0 Å². The second-order valence-corrected chi connectivity index (χ2v) is 4.59. The Morgan fingerprint density at radius 2 is 2.44 bits per heavy atom. The van der Waals surface area contributed by atoms with Gasteiger partial charge in [0.15, 0.2) is 0 Å². The highest BCUT2D eigenvalue weighted by Crippen LogP contribution is 2.28. The van der Waals surface area contributed by atoms with Crippen LogP contribution in [-0.2, 0) is 11.2 Å². The molecule has 86 valence electrons. The molecular formula is C13H17NOS. The van der Waals surface area contributed by atoms with E-state index in [1.165, 1.54) is 4.88 Å². The fourth-order valence-electron chi connectivity index (χ4n) is 1.49. The second-order valence-electron chi connectivity index (χ2n) is 3.65. The van der Waals surface area contributed by atoms with E-state index in [0.717, 1.165) is 12.0 Å². The topological polar surface area (TPSA) is 43.1 Å². The Kier molecular flexibility index (Phi) is 4.99. The van der Waals surface area contributed by atoms with Crippen LogP contribution < -0.4 is 5.73 Å². The van der Waals surface area contributed by atoms with E-state index in [-0.39, 0.29) is 5.91 Å². The van der Waals surface area contributed by atoms with Gasteiger partial charge in [0.2, 0.25) is 5.91 Å². The largest absolute Gasteiger partial charge is 0.369 e. The summed E-state index contributed by atoms with van der Waals surface area (Å²) >= 11 is 1.66. The maximum absolute atomic E-state index is 10.8. The molecule has 0 aromatic carbocycles. The molecule has 2 N–H and O–H groups in total. The molecule has 1 unspecified atom stereocenters. The van der Waals surface area contributed by atoms with Crippen molar-refractivity contribution in [2.45, 2.75) is 25.7 Å². The van der Waals surface area contributed by atoms with Crippen LogP contribution in [0.2, 0.25) is 0 Å². The lowest BCUT2D eigenvalue weighted by Crippen LogP contribution is -2.12. The zero-order valence-corrected chi connectivity index (χ0v) is 10.3. The highest BCUT2D eigenvalue weighted by molar-refractivity contribution is 7.10.